The maximum absolute atomic E-state index is 12.0. The average Bonchev–Trinajstić information content (AvgIpc) is 2.94. The van der Waals surface area contributed by atoms with E-state index >= 15 is 0 Å². The zero-order chi connectivity index (χ0) is 20.4. The Kier molecular flexibility index (Phi) is 4.32. The summed E-state index contributed by atoms with van der Waals surface area (Å²) < 4.78 is 6.03. The maximum Gasteiger partial charge on any atom is 0.121 e. The minimum atomic E-state index is -1.28. The number of methoxy groups -OCH3 is 1. The van der Waals surface area contributed by atoms with Crippen LogP contribution in [0.3, 0.4) is 0 Å². The first-order valence-electron chi connectivity index (χ1n) is 10.7. The van der Waals surface area contributed by atoms with E-state index in [1.165, 1.54) is 11.1 Å². The normalized spacial score (nSPS) is 40.8. The van der Waals surface area contributed by atoms with Gasteiger partial charge in [0.2, 0.25) is 0 Å². The second-order valence-electron chi connectivity index (χ2n) is 9.50. The summed E-state index contributed by atoms with van der Waals surface area (Å²) in [6, 6.07) is 15.4. The van der Waals surface area contributed by atoms with Crippen molar-refractivity contribution in [1.29, 1.82) is 0 Å². The fourth-order valence-electron chi connectivity index (χ4n) is 7.07. The van der Waals surface area contributed by atoms with E-state index in [0.717, 1.165) is 18.4 Å². The lowest BCUT2D eigenvalue weighted by Gasteiger charge is -2.56. The number of aromatic hydroxyl groups is 1. The third-order valence-corrected chi connectivity index (χ3v) is 8.40. The quantitative estimate of drug-likeness (QED) is 0.726. The van der Waals surface area contributed by atoms with Crippen LogP contribution in [0, 0.1) is 17.3 Å². The van der Waals surface area contributed by atoms with Crippen molar-refractivity contribution in [2.75, 3.05) is 7.11 Å². The predicted octanol–water partition coefficient (Wildman–Crippen LogP) is 3.73. The molecule has 0 spiro atoms. The van der Waals surface area contributed by atoms with Gasteiger partial charge in [0.1, 0.15) is 11.4 Å². The standard InChI is InChI=1S/C25H30O4/c1-24-14-21(29-2)23-18-11-9-17(26)12-15(18)8-10-19(23)20(24)13-22(27)25(24,28)16-6-4-3-5-7-16/h3-7,9,11-12,19-23,26-28H,8,10,13-14H2,1-2H3/t19?,20?,21-,22+,23?,24-,25-/m0/s1. The molecular formula is C25H30O4. The highest BCUT2D eigenvalue weighted by molar-refractivity contribution is 5.42. The number of rotatable bonds is 2. The van der Waals surface area contributed by atoms with Crippen LogP contribution in [-0.2, 0) is 16.8 Å². The number of aliphatic hydroxyl groups excluding tert-OH is 1. The summed E-state index contributed by atoms with van der Waals surface area (Å²) >= 11 is 0. The van der Waals surface area contributed by atoms with Crippen LogP contribution in [0.4, 0.5) is 0 Å². The number of hydrogen-bond donors (Lipinski definition) is 3. The van der Waals surface area contributed by atoms with Crippen LogP contribution in [0.25, 0.3) is 0 Å². The third kappa shape index (κ3) is 2.49. The minimum absolute atomic E-state index is 0.0367. The molecule has 0 heterocycles. The van der Waals surface area contributed by atoms with Gasteiger partial charge in [0.25, 0.3) is 0 Å². The topological polar surface area (TPSA) is 69.9 Å². The van der Waals surface area contributed by atoms with Crippen molar-refractivity contribution in [3.8, 4) is 5.75 Å². The molecule has 5 rings (SSSR count). The Morgan fingerprint density at radius 3 is 2.59 bits per heavy atom. The summed E-state index contributed by atoms with van der Waals surface area (Å²) in [6.07, 6.45) is 2.36. The summed E-state index contributed by atoms with van der Waals surface area (Å²) in [4.78, 5) is 0. The summed E-state index contributed by atoms with van der Waals surface area (Å²) in [5.41, 5.74) is 1.51. The van der Waals surface area contributed by atoms with Gasteiger partial charge in [-0.25, -0.2) is 0 Å². The molecule has 3 aliphatic rings. The molecule has 0 saturated heterocycles. The highest BCUT2D eigenvalue weighted by Crippen LogP contribution is 2.67. The first kappa shape index (κ1) is 19.1. The highest BCUT2D eigenvalue weighted by Gasteiger charge is 2.68. The third-order valence-electron chi connectivity index (χ3n) is 8.40. The maximum atomic E-state index is 12.0. The fourth-order valence-corrected chi connectivity index (χ4v) is 7.07. The molecule has 3 N–H and O–H groups in total. The Labute approximate surface area is 172 Å². The zero-order valence-corrected chi connectivity index (χ0v) is 17.1. The lowest BCUT2D eigenvalue weighted by Crippen LogP contribution is -2.55. The van der Waals surface area contributed by atoms with Crippen molar-refractivity contribution in [1.82, 2.24) is 0 Å². The van der Waals surface area contributed by atoms with Gasteiger partial charge < -0.3 is 20.1 Å². The molecule has 2 saturated carbocycles. The Morgan fingerprint density at radius 1 is 1.10 bits per heavy atom. The average molecular weight is 395 g/mol. The van der Waals surface area contributed by atoms with Crippen LogP contribution < -0.4 is 0 Å². The summed E-state index contributed by atoms with van der Waals surface area (Å²) in [6.45, 7) is 2.15. The largest absolute Gasteiger partial charge is 0.508 e. The molecule has 29 heavy (non-hydrogen) atoms. The van der Waals surface area contributed by atoms with E-state index in [4.69, 9.17) is 4.74 Å². The van der Waals surface area contributed by atoms with E-state index < -0.39 is 17.1 Å². The van der Waals surface area contributed by atoms with Gasteiger partial charge >= 0.3 is 0 Å². The summed E-state index contributed by atoms with van der Waals surface area (Å²) in [5.74, 6) is 1.09. The molecule has 3 unspecified atom stereocenters. The van der Waals surface area contributed by atoms with Gasteiger partial charge in [-0.1, -0.05) is 43.3 Å². The molecule has 0 amide bonds. The van der Waals surface area contributed by atoms with Gasteiger partial charge in [0.15, 0.2) is 0 Å². The Balaban J connectivity index is 1.62. The highest BCUT2D eigenvalue weighted by atomic mass is 16.5. The number of fused-ring (bicyclic) bond motifs is 5. The monoisotopic (exact) mass is 394 g/mol. The summed E-state index contributed by atoms with van der Waals surface area (Å²) in [5, 5.41) is 33.1. The Morgan fingerprint density at radius 2 is 1.86 bits per heavy atom. The van der Waals surface area contributed by atoms with Crippen molar-refractivity contribution in [2.24, 2.45) is 17.3 Å². The fraction of sp³-hybridized carbons (Fsp3) is 0.520. The molecule has 4 heteroatoms. The molecule has 154 valence electrons. The molecule has 4 nitrogen and oxygen atoms in total. The van der Waals surface area contributed by atoms with Gasteiger partial charge in [-0.05, 0) is 66.3 Å². The second kappa shape index (κ2) is 6.56. The van der Waals surface area contributed by atoms with Crippen LogP contribution in [0.2, 0.25) is 0 Å². The van der Waals surface area contributed by atoms with E-state index in [-0.39, 0.29) is 17.9 Å². The van der Waals surface area contributed by atoms with Crippen LogP contribution in [0.1, 0.15) is 48.8 Å². The molecule has 2 fully saturated rings. The van der Waals surface area contributed by atoms with Crippen LogP contribution in [-0.4, -0.2) is 34.6 Å². The number of aliphatic hydroxyl groups is 2. The first-order chi connectivity index (χ1) is 13.9. The molecule has 7 atom stereocenters. The Hall–Kier alpha value is -1.88. The van der Waals surface area contributed by atoms with Crippen molar-refractivity contribution >= 4 is 0 Å². The molecule has 0 radical (unpaired) electrons. The van der Waals surface area contributed by atoms with Crippen LogP contribution >= 0.6 is 0 Å². The Bertz CT molecular complexity index is 912. The van der Waals surface area contributed by atoms with E-state index in [2.05, 4.69) is 6.92 Å². The van der Waals surface area contributed by atoms with Gasteiger partial charge in [0.05, 0.1) is 12.2 Å². The smallest absolute Gasteiger partial charge is 0.121 e. The van der Waals surface area contributed by atoms with E-state index in [0.29, 0.717) is 24.5 Å². The number of ether oxygens (including phenoxy) is 1. The molecular weight excluding hydrogens is 364 g/mol. The minimum Gasteiger partial charge on any atom is -0.508 e. The molecule has 3 aliphatic carbocycles. The van der Waals surface area contributed by atoms with Crippen molar-refractivity contribution in [3.05, 3.63) is 65.2 Å². The van der Waals surface area contributed by atoms with Crippen LogP contribution in [0.5, 0.6) is 5.75 Å². The number of phenols is 1. The molecule has 0 aliphatic heterocycles. The number of phenolic OH excluding ortho intramolecular Hbond substituents is 1. The molecule has 0 bridgehead atoms. The summed E-state index contributed by atoms with van der Waals surface area (Å²) in [7, 11) is 1.76. The number of hydrogen-bond acceptors (Lipinski definition) is 4. The van der Waals surface area contributed by atoms with E-state index in [9.17, 15) is 15.3 Å². The van der Waals surface area contributed by atoms with E-state index in [1.807, 2.05) is 42.5 Å². The molecule has 2 aromatic rings. The SMILES string of the molecule is CO[C@H]1C[C@@]2(C)C(C[C@@H](O)[C@@]2(O)c2ccccc2)C2CCc3cc(O)ccc3C21. The lowest BCUT2D eigenvalue weighted by molar-refractivity contribution is -0.171. The van der Waals surface area contributed by atoms with Gasteiger partial charge in [-0.3, -0.25) is 0 Å². The van der Waals surface area contributed by atoms with Gasteiger partial charge in [-0.15, -0.1) is 0 Å². The van der Waals surface area contributed by atoms with E-state index in [1.54, 1.807) is 13.2 Å². The lowest BCUT2D eigenvalue weighted by atomic mass is 9.51. The van der Waals surface area contributed by atoms with Crippen LogP contribution in [0.15, 0.2) is 48.5 Å². The van der Waals surface area contributed by atoms with Crippen molar-refractivity contribution in [2.45, 2.75) is 56.3 Å². The van der Waals surface area contributed by atoms with Gasteiger partial charge in [-0.2, -0.15) is 0 Å². The number of aryl methyl sites for hydroxylation is 1. The molecule has 0 aromatic heterocycles. The van der Waals surface area contributed by atoms with Gasteiger partial charge in [0, 0.05) is 18.4 Å². The zero-order valence-electron chi connectivity index (χ0n) is 17.1. The molecule has 2 aromatic carbocycles. The second-order valence-corrected chi connectivity index (χ2v) is 9.50. The van der Waals surface area contributed by atoms with Crippen molar-refractivity contribution < 1.29 is 20.1 Å². The first-order valence-corrected chi connectivity index (χ1v) is 10.7. The van der Waals surface area contributed by atoms with Crippen molar-refractivity contribution in [3.63, 3.8) is 0 Å². The number of benzene rings is 2. The predicted molar refractivity (Wildman–Crippen MR) is 111 cm³/mol.